The highest BCUT2D eigenvalue weighted by Crippen LogP contribution is 2.35. The summed E-state index contributed by atoms with van der Waals surface area (Å²) in [5, 5.41) is 10.7. The van der Waals surface area contributed by atoms with Crippen LogP contribution >= 0.6 is 11.6 Å². The third-order valence-corrected chi connectivity index (χ3v) is 3.90. The monoisotopic (exact) mass is 271 g/mol. The van der Waals surface area contributed by atoms with Gasteiger partial charge in [-0.2, -0.15) is 0 Å². The van der Waals surface area contributed by atoms with E-state index in [4.69, 9.17) is 11.6 Å². The first-order chi connectivity index (χ1) is 8.57. The van der Waals surface area contributed by atoms with Crippen LogP contribution in [0.2, 0.25) is 5.02 Å². The third kappa shape index (κ3) is 2.68. The van der Waals surface area contributed by atoms with Gasteiger partial charge < -0.3 is 10.0 Å². The molecule has 100 valence electrons. The lowest BCUT2D eigenvalue weighted by Gasteiger charge is -2.24. The number of likely N-dealkylation sites (tertiary alicyclic amines) is 1. The molecule has 4 heteroatoms. The van der Waals surface area contributed by atoms with Crippen molar-refractivity contribution in [3.63, 3.8) is 0 Å². The first-order valence-corrected chi connectivity index (χ1v) is 6.84. The summed E-state index contributed by atoms with van der Waals surface area (Å²) in [4.78, 5) is 2.18. The highest BCUT2D eigenvalue weighted by molar-refractivity contribution is 6.30. The summed E-state index contributed by atoms with van der Waals surface area (Å²) >= 11 is 5.77. The van der Waals surface area contributed by atoms with Gasteiger partial charge in [0, 0.05) is 18.7 Å². The number of hydrogen-bond acceptors (Lipinski definition) is 2. The van der Waals surface area contributed by atoms with Gasteiger partial charge in [-0.3, -0.25) is 0 Å². The minimum Gasteiger partial charge on any atom is -0.384 e. The number of benzene rings is 1. The van der Waals surface area contributed by atoms with Gasteiger partial charge in [0.15, 0.2) is 0 Å². The molecule has 1 fully saturated rings. The Morgan fingerprint density at radius 1 is 1.50 bits per heavy atom. The van der Waals surface area contributed by atoms with Crippen LogP contribution in [0.3, 0.4) is 0 Å². The SMILES string of the molecule is CCCCN1CCC(O)(c2cccc(Cl)c2F)C1. The molecule has 1 unspecified atom stereocenters. The zero-order chi connectivity index (χ0) is 13.2. The molecule has 1 heterocycles. The van der Waals surface area contributed by atoms with E-state index in [-0.39, 0.29) is 5.02 Å². The van der Waals surface area contributed by atoms with E-state index in [1.165, 1.54) is 6.07 Å². The molecule has 2 nitrogen and oxygen atoms in total. The van der Waals surface area contributed by atoms with E-state index in [0.29, 0.717) is 18.5 Å². The van der Waals surface area contributed by atoms with Crippen molar-refractivity contribution in [1.29, 1.82) is 0 Å². The minimum absolute atomic E-state index is 0.0768. The van der Waals surface area contributed by atoms with Gasteiger partial charge in [0.25, 0.3) is 0 Å². The van der Waals surface area contributed by atoms with E-state index >= 15 is 0 Å². The Balaban J connectivity index is 2.15. The standard InChI is InChI=1S/C14H19ClFNO/c1-2-3-8-17-9-7-14(18,10-17)11-5-4-6-12(15)13(11)16/h4-6,18H,2-3,7-10H2,1H3. The van der Waals surface area contributed by atoms with Crippen molar-refractivity contribution in [3.05, 3.63) is 34.6 Å². The second kappa shape index (κ2) is 5.55. The summed E-state index contributed by atoms with van der Waals surface area (Å²) in [6.07, 6.45) is 2.79. The summed E-state index contributed by atoms with van der Waals surface area (Å²) < 4.78 is 14.0. The summed E-state index contributed by atoms with van der Waals surface area (Å²) in [5.74, 6) is -0.487. The fraction of sp³-hybridized carbons (Fsp3) is 0.571. The molecule has 1 saturated heterocycles. The van der Waals surface area contributed by atoms with E-state index in [1.807, 2.05) is 0 Å². The molecule has 0 radical (unpaired) electrons. The molecule has 2 rings (SSSR count). The molecule has 0 saturated carbocycles. The number of halogens is 2. The topological polar surface area (TPSA) is 23.5 Å². The van der Waals surface area contributed by atoms with Gasteiger partial charge in [-0.15, -0.1) is 0 Å². The Labute approximate surface area is 112 Å². The number of unbranched alkanes of at least 4 members (excludes halogenated alkanes) is 1. The van der Waals surface area contributed by atoms with E-state index in [9.17, 15) is 9.50 Å². The van der Waals surface area contributed by atoms with Crippen LogP contribution in [0.15, 0.2) is 18.2 Å². The van der Waals surface area contributed by atoms with Crippen LogP contribution in [0.25, 0.3) is 0 Å². The van der Waals surface area contributed by atoms with Gasteiger partial charge in [0.2, 0.25) is 0 Å². The van der Waals surface area contributed by atoms with Crippen LogP contribution in [0, 0.1) is 5.82 Å². The van der Waals surface area contributed by atoms with E-state index in [2.05, 4.69) is 11.8 Å². The van der Waals surface area contributed by atoms with Crippen LogP contribution in [-0.4, -0.2) is 29.6 Å². The predicted octanol–water partition coefficient (Wildman–Crippen LogP) is 3.17. The maximum absolute atomic E-state index is 14.0. The molecule has 1 aliphatic heterocycles. The van der Waals surface area contributed by atoms with Crippen molar-refractivity contribution < 1.29 is 9.50 Å². The second-order valence-electron chi connectivity index (χ2n) is 5.01. The largest absolute Gasteiger partial charge is 0.384 e. The Bertz CT molecular complexity index is 426. The summed E-state index contributed by atoms with van der Waals surface area (Å²) in [5.41, 5.74) is -0.767. The van der Waals surface area contributed by atoms with Crippen LogP contribution in [-0.2, 0) is 5.60 Å². The Morgan fingerprint density at radius 3 is 3.00 bits per heavy atom. The van der Waals surface area contributed by atoms with Gasteiger partial charge >= 0.3 is 0 Å². The molecule has 0 amide bonds. The van der Waals surface area contributed by atoms with Crippen LogP contribution < -0.4 is 0 Å². The molecular weight excluding hydrogens is 253 g/mol. The van der Waals surface area contributed by atoms with Gasteiger partial charge in [0.05, 0.1) is 5.02 Å². The highest BCUT2D eigenvalue weighted by Gasteiger charge is 2.39. The lowest BCUT2D eigenvalue weighted by Crippen LogP contribution is -2.32. The van der Waals surface area contributed by atoms with Crippen LogP contribution in [0.1, 0.15) is 31.7 Å². The molecule has 0 aliphatic carbocycles. The Hall–Kier alpha value is -0.640. The van der Waals surface area contributed by atoms with Crippen molar-refractivity contribution in [2.45, 2.75) is 31.8 Å². The van der Waals surface area contributed by atoms with Crippen molar-refractivity contribution in [3.8, 4) is 0 Å². The van der Waals surface area contributed by atoms with Crippen LogP contribution in [0.4, 0.5) is 4.39 Å². The molecule has 0 spiro atoms. The molecule has 1 aromatic rings. The van der Waals surface area contributed by atoms with E-state index in [0.717, 1.165) is 25.9 Å². The normalized spacial score (nSPS) is 24.7. The maximum Gasteiger partial charge on any atom is 0.147 e. The van der Waals surface area contributed by atoms with Crippen molar-refractivity contribution in [1.82, 2.24) is 4.90 Å². The average Bonchev–Trinajstić information content (AvgIpc) is 2.73. The molecule has 1 N–H and O–H groups in total. The molecule has 0 bridgehead atoms. The van der Waals surface area contributed by atoms with Crippen molar-refractivity contribution in [2.24, 2.45) is 0 Å². The van der Waals surface area contributed by atoms with Crippen molar-refractivity contribution in [2.75, 3.05) is 19.6 Å². The summed E-state index contributed by atoms with van der Waals surface area (Å²) in [6.45, 7) is 4.40. The molecular formula is C14H19ClFNO. The molecule has 1 aromatic carbocycles. The molecule has 18 heavy (non-hydrogen) atoms. The van der Waals surface area contributed by atoms with Crippen molar-refractivity contribution >= 4 is 11.6 Å². The molecule has 1 atom stereocenters. The van der Waals surface area contributed by atoms with E-state index < -0.39 is 11.4 Å². The minimum atomic E-state index is -1.09. The van der Waals surface area contributed by atoms with Gasteiger partial charge in [0.1, 0.15) is 11.4 Å². The molecule has 0 aromatic heterocycles. The number of hydrogen-bond donors (Lipinski definition) is 1. The molecule has 1 aliphatic rings. The van der Waals surface area contributed by atoms with Gasteiger partial charge in [-0.1, -0.05) is 37.1 Å². The maximum atomic E-state index is 14.0. The fourth-order valence-electron chi connectivity index (χ4n) is 2.53. The first-order valence-electron chi connectivity index (χ1n) is 6.46. The summed E-state index contributed by atoms with van der Waals surface area (Å²) in [6, 6.07) is 4.82. The number of rotatable bonds is 4. The number of β-amino-alcohol motifs (C(OH)–C–C–N with tert-alkyl or cyclic N) is 1. The zero-order valence-electron chi connectivity index (χ0n) is 10.6. The Morgan fingerprint density at radius 2 is 2.28 bits per heavy atom. The lowest BCUT2D eigenvalue weighted by atomic mass is 9.92. The smallest absolute Gasteiger partial charge is 0.147 e. The van der Waals surface area contributed by atoms with Gasteiger partial charge in [-0.25, -0.2) is 4.39 Å². The number of aliphatic hydroxyl groups is 1. The Kier molecular flexibility index (Phi) is 4.25. The van der Waals surface area contributed by atoms with Crippen LogP contribution in [0.5, 0.6) is 0 Å². The highest BCUT2D eigenvalue weighted by atomic mass is 35.5. The first kappa shape index (κ1) is 13.8. The average molecular weight is 272 g/mol. The lowest BCUT2D eigenvalue weighted by molar-refractivity contribution is 0.0424. The predicted molar refractivity (Wildman–Crippen MR) is 71.3 cm³/mol. The second-order valence-corrected chi connectivity index (χ2v) is 5.42. The number of nitrogens with zero attached hydrogens (tertiary/aromatic N) is 1. The fourth-order valence-corrected chi connectivity index (χ4v) is 2.70. The quantitative estimate of drug-likeness (QED) is 0.909. The third-order valence-electron chi connectivity index (χ3n) is 3.61. The summed E-state index contributed by atoms with van der Waals surface area (Å²) in [7, 11) is 0. The zero-order valence-corrected chi connectivity index (χ0v) is 11.4. The van der Waals surface area contributed by atoms with Gasteiger partial charge in [-0.05, 0) is 25.5 Å². The van der Waals surface area contributed by atoms with E-state index in [1.54, 1.807) is 12.1 Å².